The number of likely N-dealkylation sites (tertiary alicyclic amines) is 1. The lowest BCUT2D eigenvalue weighted by Gasteiger charge is -2.49. The highest BCUT2D eigenvalue weighted by Crippen LogP contribution is 2.31. The molecule has 1 aliphatic rings. The standard InChI is InChI=1S/C10H19NO2/c1-8(4-5-9(12)13)11-6-10(2,3)7-11/h8H,4-7H2,1-3H3,(H,12,13). The maximum Gasteiger partial charge on any atom is 0.303 e. The molecule has 3 nitrogen and oxygen atoms in total. The second-order valence-electron chi connectivity index (χ2n) is 4.85. The van der Waals surface area contributed by atoms with Gasteiger partial charge in [-0.25, -0.2) is 0 Å². The number of hydrogen-bond donors (Lipinski definition) is 1. The van der Waals surface area contributed by atoms with Gasteiger partial charge in [0.25, 0.3) is 0 Å². The average molecular weight is 185 g/mol. The van der Waals surface area contributed by atoms with Crippen LogP contribution in [-0.4, -0.2) is 35.1 Å². The summed E-state index contributed by atoms with van der Waals surface area (Å²) in [6, 6.07) is 0.420. The van der Waals surface area contributed by atoms with E-state index in [-0.39, 0.29) is 6.42 Å². The number of nitrogens with zero attached hydrogens (tertiary/aromatic N) is 1. The number of carboxylic acids is 1. The van der Waals surface area contributed by atoms with E-state index in [1.807, 2.05) is 0 Å². The van der Waals surface area contributed by atoms with Crippen LogP contribution in [0.2, 0.25) is 0 Å². The average Bonchev–Trinajstić information content (AvgIpc) is 1.95. The van der Waals surface area contributed by atoms with E-state index in [2.05, 4.69) is 25.7 Å². The normalized spacial score (nSPS) is 23.6. The summed E-state index contributed by atoms with van der Waals surface area (Å²) in [6.07, 6.45) is 1.06. The summed E-state index contributed by atoms with van der Waals surface area (Å²) in [5, 5.41) is 8.52. The van der Waals surface area contributed by atoms with Gasteiger partial charge >= 0.3 is 5.97 Å². The Balaban J connectivity index is 2.19. The third kappa shape index (κ3) is 2.99. The van der Waals surface area contributed by atoms with Gasteiger partial charge in [0.05, 0.1) is 0 Å². The van der Waals surface area contributed by atoms with Crippen LogP contribution in [0.5, 0.6) is 0 Å². The molecule has 0 aromatic carbocycles. The Labute approximate surface area is 79.7 Å². The van der Waals surface area contributed by atoms with Crippen LogP contribution in [0.1, 0.15) is 33.6 Å². The molecular weight excluding hydrogens is 166 g/mol. The quantitative estimate of drug-likeness (QED) is 0.723. The van der Waals surface area contributed by atoms with Crippen LogP contribution in [0.15, 0.2) is 0 Å². The summed E-state index contributed by atoms with van der Waals surface area (Å²) in [5.74, 6) is -0.688. The highest BCUT2D eigenvalue weighted by molar-refractivity contribution is 5.66. The van der Waals surface area contributed by atoms with E-state index in [1.54, 1.807) is 0 Å². The van der Waals surface area contributed by atoms with Gasteiger partial charge in [0, 0.05) is 25.6 Å². The molecule has 1 rings (SSSR count). The molecule has 0 aromatic heterocycles. The molecule has 1 N–H and O–H groups in total. The van der Waals surface area contributed by atoms with Crippen molar-refractivity contribution in [1.82, 2.24) is 4.90 Å². The van der Waals surface area contributed by atoms with Crippen LogP contribution in [-0.2, 0) is 4.79 Å². The summed E-state index contributed by atoms with van der Waals surface area (Å²) in [7, 11) is 0. The van der Waals surface area contributed by atoms with Crippen molar-refractivity contribution in [3.8, 4) is 0 Å². The second-order valence-corrected chi connectivity index (χ2v) is 4.85. The van der Waals surface area contributed by atoms with Gasteiger partial charge in [-0.05, 0) is 18.8 Å². The van der Waals surface area contributed by atoms with Crippen molar-refractivity contribution >= 4 is 5.97 Å². The van der Waals surface area contributed by atoms with Gasteiger partial charge < -0.3 is 5.11 Å². The third-order valence-corrected chi connectivity index (χ3v) is 2.66. The maximum absolute atomic E-state index is 10.3. The lowest BCUT2D eigenvalue weighted by atomic mass is 9.83. The van der Waals surface area contributed by atoms with Gasteiger partial charge in [-0.15, -0.1) is 0 Å². The van der Waals surface area contributed by atoms with Gasteiger partial charge in [0.2, 0.25) is 0 Å². The van der Waals surface area contributed by atoms with E-state index in [1.165, 1.54) is 0 Å². The number of rotatable bonds is 4. The minimum absolute atomic E-state index is 0.290. The first-order chi connectivity index (χ1) is 5.91. The number of hydrogen-bond acceptors (Lipinski definition) is 2. The Morgan fingerprint density at radius 2 is 2.08 bits per heavy atom. The van der Waals surface area contributed by atoms with Gasteiger partial charge in [-0.1, -0.05) is 13.8 Å². The molecule has 13 heavy (non-hydrogen) atoms. The molecule has 0 amide bonds. The highest BCUT2D eigenvalue weighted by atomic mass is 16.4. The van der Waals surface area contributed by atoms with Crippen LogP contribution in [0.3, 0.4) is 0 Å². The van der Waals surface area contributed by atoms with E-state index in [0.29, 0.717) is 11.5 Å². The monoisotopic (exact) mass is 185 g/mol. The summed E-state index contributed by atoms with van der Waals surface area (Å²) in [5.41, 5.74) is 0.442. The fourth-order valence-electron chi connectivity index (χ4n) is 1.88. The smallest absolute Gasteiger partial charge is 0.303 e. The third-order valence-electron chi connectivity index (χ3n) is 2.66. The first-order valence-corrected chi connectivity index (χ1v) is 4.86. The van der Waals surface area contributed by atoms with Gasteiger partial charge in [-0.2, -0.15) is 0 Å². The molecule has 1 saturated heterocycles. The topological polar surface area (TPSA) is 40.5 Å². The van der Waals surface area contributed by atoms with Crippen LogP contribution in [0.4, 0.5) is 0 Å². The molecular formula is C10H19NO2. The lowest BCUT2D eigenvalue weighted by Crippen LogP contribution is -2.56. The Hall–Kier alpha value is -0.570. The van der Waals surface area contributed by atoms with E-state index in [0.717, 1.165) is 19.5 Å². The first-order valence-electron chi connectivity index (χ1n) is 4.86. The van der Waals surface area contributed by atoms with E-state index >= 15 is 0 Å². The highest BCUT2D eigenvalue weighted by Gasteiger charge is 2.36. The van der Waals surface area contributed by atoms with Crippen molar-refractivity contribution in [3.05, 3.63) is 0 Å². The predicted molar refractivity (Wildman–Crippen MR) is 51.7 cm³/mol. The zero-order chi connectivity index (χ0) is 10.1. The molecule has 76 valence electrons. The Morgan fingerprint density at radius 1 is 1.54 bits per heavy atom. The summed E-state index contributed by atoms with van der Waals surface area (Å²) in [4.78, 5) is 12.7. The molecule has 0 aliphatic carbocycles. The second kappa shape index (κ2) is 3.66. The Kier molecular flexibility index (Phi) is 2.96. The maximum atomic E-state index is 10.3. The zero-order valence-corrected chi connectivity index (χ0v) is 8.71. The van der Waals surface area contributed by atoms with Crippen molar-refractivity contribution in [2.75, 3.05) is 13.1 Å². The van der Waals surface area contributed by atoms with Crippen LogP contribution >= 0.6 is 0 Å². The lowest BCUT2D eigenvalue weighted by molar-refractivity contribution is -0.137. The van der Waals surface area contributed by atoms with Gasteiger partial charge in [-0.3, -0.25) is 9.69 Å². The van der Waals surface area contributed by atoms with E-state index in [9.17, 15) is 4.79 Å². The predicted octanol–water partition coefficient (Wildman–Crippen LogP) is 1.58. The molecule has 1 atom stereocenters. The summed E-state index contributed by atoms with van der Waals surface area (Å²) >= 11 is 0. The largest absolute Gasteiger partial charge is 0.481 e. The summed E-state index contributed by atoms with van der Waals surface area (Å²) in [6.45, 7) is 8.81. The zero-order valence-electron chi connectivity index (χ0n) is 8.71. The fourth-order valence-corrected chi connectivity index (χ4v) is 1.88. The molecule has 0 saturated carbocycles. The minimum Gasteiger partial charge on any atom is -0.481 e. The van der Waals surface area contributed by atoms with E-state index in [4.69, 9.17) is 5.11 Å². The van der Waals surface area contributed by atoms with Crippen molar-refractivity contribution in [2.45, 2.75) is 39.7 Å². The van der Waals surface area contributed by atoms with Gasteiger partial charge in [0.1, 0.15) is 0 Å². The molecule has 0 bridgehead atoms. The Bertz CT molecular complexity index is 193. The van der Waals surface area contributed by atoms with Crippen LogP contribution in [0.25, 0.3) is 0 Å². The molecule has 0 aromatic rings. The van der Waals surface area contributed by atoms with Crippen molar-refractivity contribution in [1.29, 1.82) is 0 Å². The molecule has 1 fully saturated rings. The fraction of sp³-hybridized carbons (Fsp3) is 0.900. The SMILES string of the molecule is CC(CCC(=O)O)N1CC(C)(C)C1. The molecule has 3 heteroatoms. The molecule has 1 unspecified atom stereocenters. The first kappa shape index (κ1) is 10.5. The van der Waals surface area contributed by atoms with Crippen molar-refractivity contribution in [2.24, 2.45) is 5.41 Å². The molecule has 1 heterocycles. The van der Waals surface area contributed by atoms with E-state index < -0.39 is 5.97 Å². The number of aliphatic carboxylic acids is 1. The molecule has 0 spiro atoms. The number of carboxylic acid groups (broad SMARTS) is 1. The number of carbonyl (C=O) groups is 1. The minimum atomic E-state index is -0.688. The van der Waals surface area contributed by atoms with Gasteiger partial charge in [0.15, 0.2) is 0 Å². The molecule has 1 aliphatic heterocycles. The van der Waals surface area contributed by atoms with Crippen LogP contribution in [0, 0.1) is 5.41 Å². The molecule has 0 radical (unpaired) electrons. The van der Waals surface area contributed by atoms with Crippen molar-refractivity contribution < 1.29 is 9.90 Å². The summed E-state index contributed by atoms with van der Waals surface area (Å²) < 4.78 is 0. The van der Waals surface area contributed by atoms with Crippen molar-refractivity contribution in [3.63, 3.8) is 0 Å². The van der Waals surface area contributed by atoms with Crippen LogP contribution < -0.4 is 0 Å². The Morgan fingerprint density at radius 3 is 2.46 bits per heavy atom.